The molecular formula is C12H19N3O2. The number of aliphatic hydroxyl groups excluding tert-OH is 1. The van der Waals surface area contributed by atoms with Gasteiger partial charge in [0.25, 0.3) is 0 Å². The monoisotopic (exact) mass is 237 g/mol. The van der Waals surface area contributed by atoms with Crippen molar-refractivity contribution >= 4 is 0 Å². The molecule has 1 aliphatic rings. The lowest BCUT2D eigenvalue weighted by Crippen LogP contribution is -2.32. The van der Waals surface area contributed by atoms with E-state index in [0.717, 1.165) is 30.8 Å². The van der Waals surface area contributed by atoms with Crippen molar-refractivity contribution in [3.8, 4) is 5.88 Å². The molecule has 1 aromatic heterocycles. The fourth-order valence-corrected chi connectivity index (χ4v) is 2.25. The SMILES string of the molecule is COc1nc(C)cnc1CN1CCCC1CO. The van der Waals surface area contributed by atoms with Gasteiger partial charge in [-0.2, -0.15) is 0 Å². The molecule has 0 amide bonds. The Balaban J connectivity index is 2.12. The van der Waals surface area contributed by atoms with Crippen LogP contribution in [0.1, 0.15) is 24.2 Å². The molecule has 0 radical (unpaired) electrons. The van der Waals surface area contributed by atoms with Crippen molar-refractivity contribution in [2.45, 2.75) is 32.4 Å². The lowest BCUT2D eigenvalue weighted by molar-refractivity contribution is 0.151. The van der Waals surface area contributed by atoms with E-state index >= 15 is 0 Å². The third-order valence-corrected chi connectivity index (χ3v) is 3.19. The number of ether oxygens (including phenoxy) is 1. The normalized spacial score (nSPS) is 20.8. The van der Waals surface area contributed by atoms with Crippen molar-refractivity contribution in [3.63, 3.8) is 0 Å². The van der Waals surface area contributed by atoms with Gasteiger partial charge in [0.15, 0.2) is 0 Å². The summed E-state index contributed by atoms with van der Waals surface area (Å²) < 4.78 is 5.24. The quantitative estimate of drug-likeness (QED) is 0.837. The van der Waals surface area contributed by atoms with Gasteiger partial charge in [-0.05, 0) is 26.3 Å². The smallest absolute Gasteiger partial charge is 0.236 e. The predicted octanol–water partition coefficient (Wildman–Crippen LogP) is 0.750. The van der Waals surface area contributed by atoms with Crippen LogP contribution in [0.15, 0.2) is 6.20 Å². The Kier molecular flexibility index (Phi) is 3.91. The van der Waals surface area contributed by atoms with E-state index in [1.807, 2.05) is 6.92 Å². The van der Waals surface area contributed by atoms with Gasteiger partial charge >= 0.3 is 0 Å². The van der Waals surface area contributed by atoms with Crippen molar-refractivity contribution < 1.29 is 9.84 Å². The maximum atomic E-state index is 9.28. The summed E-state index contributed by atoms with van der Waals surface area (Å²) in [5.74, 6) is 0.591. The lowest BCUT2D eigenvalue weighted by atomic mass is 10.2. The second-order valence-corrected chi connectivity index (χ2v) is 4.42. The fourth-order valence-electron chi connectivity index (χ4n) is 2.25. The molecule has 0 saturated carbocycles. The molecule has 1 aliphatic heterocycles. The summed E-state index contributed by atoms with van der Waals surface area (Å²) in [7, 11) is 1.61. The molecule has 0 aromatic carbocycles. The highest BCUT2D eigenvalue weighted by molar-refractivity contribution is 5.20. The maximum Gasteiger partial charge on any atom is 0.236 e. The van der Waals surface area contributed by atoms with Gasteiger partial charge in [-0.25, -0.2) is 4.98 Å². The number of nitrogens with zero attached hydrogens (tertiary/aromatic N) is 3. The van der Waals surface area contributed by atoms with Crippen LogP contribution >= 0.6 is 0 Å². The van der Waals surface area contributed by atoms with E-state index < -0.39 is 0 Å². The van der Waals surface area contributed by atoms with Gasteiger partial charge in [-0.15, -0.1) is 0 Å². The molecule has 0 aliphatic carbocycles. The summed E-state index contributed by atoms with van der Waals surface area (Å²) in [6.45, 7) is 3.80. The molecular weight excluding hydrogens is 218 g/mol. The first kappa shape index (κ1) is 12.3. The number of methoxy groups -OCH3 is 1. The van der Waals surface area contributed by atoms with E-state index in [1.54, 1.807) is 13.3 Å². The Morgan fingerprint density at radius 2 is 2.41 bits per heavy atom. The van der Waals surface area contributed by atoms with Gasteiger partial charge in [0.05, 0.1) is 19.4 Å². The summed E-state index contributed by atoms with van der Waals surface area (Å²) in [6, 6.07) is 0.253. The van der Waals surface area contributed by atoms with Crippen molar-refractivity contribution in [1.82, 2.24) is 14.9 Å². The molecule has 17 heavy (non-hydrogen) atoms. The molecule has 5 heteroatoms. The molecule has 0 bridgehead atoms. The lowest BCUT2D eigenvalue weighted by Gasteiger charge is -2.22. The topological polar surface area (TPSA) is 58.5 Å². The van der Waals surface area contributed by atoms with Crippen LogP contribution in [0.25, 0.3) is 0 Å². The predicted molar refractivity (Wildman–Crippen MR) is 63.8 cm³/mol. The van der Waals surface area contributed by atoms with Crippen molar-refractivity contribution in [1.29, 1.82) is 0 Å². The number of aryl methyl sites for hydroxylation is 1. The summed E-state index contributed by atoms with van der Waals surface area (Å²) in [5, 5.41) is 9.28. The van der Waals surface area contributed by atoms with Crippen molar-refractivity contribution in [2.24, 2.45) is 0 Å². The zero-order valence-electron chi connectivity index (χ0n) is 10.4. The highest BCUT2D eigenvalue weighted by Gasteiger charge is 2.25. The first-order valence-electron chi connectivity index (χ1n) is 5.96. The summed E-state index contributed by atoms with van der Waals surface area (Å²) in [5.41, 5.74) is 1.70. The number of likely N-dealkylation sites (tertiary alicyclic amines) is 1. The molecule has 1 unspecified atom stereocenters. The van der Waals surface area contributed by atoms with Crippen LogP contribution in [0.5, 0.6) is 5.88 Å². The van der Waals surface area contributed by atoms with E-state index in [9.17, 15) is 5.11 Å². The maximum absolute atomic E-state index is 9.28. The molecule has 2 heterocycles. The Labute approximate surface area is 101 Å². The molecule has 0 spiro atoms. The third-order valence-electron chi connectivity index (χ3n) is 3.19. The van der Waals surface area contributed by atoms with Crippen LogP contribution in [-0.4, -0.2) is 46.3 Å². The van der Waals surface area contributed by atoms with E-state index in [0.29, 0.717) is 12.4 Å². The van der Waals surface area contributed by atoms with Gasteiger partial charge < -0.3 is 9.84 Å². The largest absolute Gasteiger partial charge is 0.480 e. The molecule has 1 fully saturated rings. The van der Waals surface area contributed by atoms with Gasteiger partial charge in [-0.3, -0.25) is 9.88 Å². The van der Waals surface area contributed by atoms with Crippen LogP contribution in [-0.2, 0) is 6.54 Å². The number of hydrogen-bond donors (Lipinski definition) is 1. The van der Waals surface area contributed by atoms with Crippen molar-refractivity contribution in [2.75, 3.05) is 20.3 Å². The van der Waals surface area contributed by atoms with E-state index in [-0.39, 0.29) is 12.6 Å². The van der Waals surface area contributed by atoms with Crippen LogP contribution in [0.3, 0.4) is 0 Å². The van der Waals surface area contributed by atoms with Crippen LogP contribution < -0.4 is 4.74 Å². The molecule has 5 nitrogen and oxygen atoms in total. The number of aromatic nitrogens is 2. The van der Waals surface area contributed by atoms with E-state index in [4.69, 9.17) is 4.74 Å². The standard InChI is InChI=1S/C12H19N3O2/c1-9-6-13-11(12(14-9)17-2)7-15-5-3-4-10(15)8-16/h6,10,16H,3-5,7-8H2,1-2H3. The highest BCUT2D eigenvalue weighted by atomic mass is 16.5. The third kappa shape index (κ3) is 2.73. The molecule has 2 rings (SSSR count). The molecule has 94 valence electrons. The molecule has 1 aromatic rings. The minimum Gasteiger partial charge on any atom is -0.480 e. The Morgan fingerprint density at radius 3 is 3.12 bits per heavy atom. The number of rotatable bonds is 4. The minimum atomic E-state index is 0.210. The second-order valence-electron chi connectivity index (χ2n) is 4.42. The van der Waals surface area contributed by atoms with Gasteiger partial charge in [0, 0.05) is 18.8 Å². The fraction of sp³-hybridized carbons (Fsp3) is 0.667. The van der Waals surface area contributed by atoms with Gasteiger partial charge in [0.1, 0.15) is 5.69 Å². The molecule has 1 saturated heterocycles. The van der Waals surface area contributed by atoms with Crippen LogP contribution in [0.2, 0.25) is 0 Å². The van der Waals surface area contributed by atoms with Crippen molar-refractivity contribution in [3.05, 3.63) is 17.6 Å². The van der Waals surface area contributed by atoms with Gasteiger partial charge in [0.2, 0.25) is 5.88 Å². The average Bonchev–Trinajstić information content (AvgIpc) is 2.78. The summed E-state index contributed by atoms with van der Waals surface area (Å²) in [4.78, 5) is 10.9. The van der Waals surface area contributed by atoms with Gasteiger partial charge in [-0.1, -0.05) is 0 Å². The van der Waals surface area contributed by atoms with Crippen LogP contribution in [0, 0.1) is 6.92 Å². The molecule has 1 atom stereocenters. The molecule has 1 N–H and O–H groups in total. The second kappa shape index (κ2) is 5.42. The van der Waals surface area contributed by atoms with E-state index in [1.165, 1.54) is 0 Å². The first-order chi connectivity index (χ1) is 8.24. The number of aliphatic hydroxyl groups is 1. The zero-order valence-corrected chi connectivity index (χ0v) is 10.4. The Bertz CT molecular complexity index is 384. The number of hydrogen-bond acceptors (Lipinski definition) is 5. The average molecular weight is 237 g/mol. The van der Waals surface area contributed by atoms with E-state index in [2.05, 4.69) is 14.9 Å². The zero-order chi connectivity index (χ0) is 12.3. The minimum absolute atomic E-state index is 0.210. The Morgan fingerprint density at radius 1 is 1.59 bits per heavy atom. The van der Waals surface area contributed by atoms with Crippen LogP contribution in [0.4, 0.5) is 0 Å². The Hall–Kier alpha value is -1.20. The summed E-state index contributed by atoms with van der Waals surface area (Å²) >= 11 is 0. The summed E-state index contributed by atoms with van der Waals surface area (Å²) in [6.07, 6.45) is 3.94. The first-order valence-corrected chi connectivity index (χ1v) is 5.96. The highest BCUT2D eigenvalue weighted by Crippen LogP contribution is 2.22.